The van der Waals surface area contributed by atoms with Crippen molar-refractivity contribution in [3.8, 4) is 17.1 Å². The third-order valence-electron chi connectivity index (χ3n) is 4.45. The van der Waals surface area contributed by atoms with E-state index in [1.807, 2.05) is 47.0 Å². The molecule has 2 aromatic carbocycles. The predicted molar refractivity (Wildman–Crippen MR) is 120 cm³/mol. The third-order valence-corrected chi connectivity index (χ3v) is 5.37. The van der Waals surface area contributed by atoms with Crippen molar-refractivity contribution in [3.63, 3.8) is 0 Å². The highest BCUT2D eigenvalue weighted by Crippen LogP contribution is 2.28. The van der Waals surface area contributed by atoms with Gasteiger partial charge in [-0.25, -0.2) is 0 Å². The Labute approximate surface area is 183 Å². The van der Waals surface area contributed by atoms with Gasteiger partial charge in [0.1, 0.15) is 0 Å². The molecule has 2 aromatic heterocycles. The molecule has 0 aliphatic carbocycles. The van der Waals surface area contributed by atoms with Gasteiger partial charge >= 0.3 is 0 Å². The van der Waals surface area contributed by atoms with Gasteiger partial charge < -0.3 is 5.32 Å². The number of ketones is 1. The van der Waals surface area contributed by atoms with Crippen LogP contribution in [0.1, 0.15) is 17.3 Å². The predicted octanol–water partition coefficient (Wildman–Crippen LogP) is 4.26. The highest BCUT2D eigenvalue weighted by molar-refractivity contribution is 7.99. The molecule has 2 heterocycles. The van der Waals surface area contributed by atoms with Crippen molar-refractivity contribution in [2.75, 3.05) is 11.1 Å². The molecule has 0 fully saturated rings. The Hall–Kier alpha value is -3.78. The van der Waals surface area contributed by atoms with Crippen molar-refractivity contribution >= 4 is 29.1 Å². The van der Waals surface area contributed by atoms with E-state index in [-0.39, 0.29) is 17.4 Å². The average molecular weight is 430 g/mol. The third kappa shape index (κ3) is 4.87. The van der Waals surface area contributed by atoms with Gasteiger partial charge in [-0.15, -0.1) is 10.2 Å². The molecular formula is C23H19N5O2S. The minimum Gasteiger partial charge on any atom is -0.326 e. The Morgan fingerprint density at radius 2 is 1.65 bits per heavy atom. The molecule has 0 radical (unpaired) electrons. The Morgan fingerprint density at radius 1 is 0.935 bits per heavy atom. The molecule has 1 amide bonds. The van der Waals surface area contributed by atoms with Crippen LogP contribution in [0.2, 0.25) is 0 Å². The van der Waals surface area contributed by atoms with E-state index in [9.17, 15) is 9.59 Å². The fourth-order valence-electron chi connectivity index (χ4n) is 3.02. The van der Waals surface area contributed by atoms with Crippen molar-refractivity contribution < 1.29 is 9.59 Å². The van der Waals surface area contributed by atoms with Gasteiger partial charge in [0.15, 0.2) is 16.8 Å². The Bertz CT molecular complexity index is 1190. The van der Waals surface area contributed by atoms with E-state index < -0.39 is 0 Å². The Kier molecular flexibility index (Phi) is 6.18. The van der Waals surface area contributed by atoms with Gasteiger partial charge in [0.05, 0.1) is 5.75 Å². The molecule has 1 N–H and O–H groups in total. The molecule has 0 unspecified atom stereocenters. The Morgan fingerprint density at radius 3 is 2.32 bits per heavy atom. The topological polar surface area (TPSA) is 89.8 Å². The lowest BCUT2D eigenvalue weighted by atomic mass is 10.1. The maximum absolute atomic E-state index is 12.7. The highest BCUT2D eigenvalue weighted by atomic mass is 32.2. The van der Waals surface area contributed by atoms with Crippen LogP contribution in [-0.4, -0.2) is 37.2 Å². The number of Topliss-reactive ketones (excluding diaryl/α,β-unsaturated/α-hetero) is 1. The van der Waals surface area contributed by atoms with Gasteiger partial charge in [-0.2, -0.15) is 0 Å². The van der Waals surface area contributed by atoms with E-state index in [0.717, 1.165) is 11.3 Å². The number of benzene rings is 2. The number of para-hydroxylation sites is 1. The molecule has 7 nitrogen and oxygen atoms in total. The minimum absolute atomic E-state index is 0.0348. The number of thioether (sulfide) groups is 1. The Balaban J connectivity index is 1.57. The lowest BCUT2D eigenvalue weighted by Gasteiger charge is -2.10. The summed E-state index contributed by atoms with van der Waals surface area (Å²) in [6.07, 6.45) is 3.42. The zero-order chi connectivity index (χ0) is 21.6. The largest absolute Gasteiger partial charge is 0.326 e. The maximum atomic E-state index is 12.7. The average Bonchev–Trinajstić information content (AvgIpc) is 3.23. The normalized spacial score (nSPS) is 10.6. The second-order valence-corrected chi connectivity index (χ2v) is 7.63. The number of hydrogen-bond donors (Lipinski definition) is 1. The van der Waals surface area contributed by atoms with Crippen molar-refractivity contribution in [1.29, 1.82) is 0 Å². The van der Waals surface area contributed by atoms with Crippen molar-refractivity contribution in [2.45, 2.75) is 12.1 Å². The first-order valence-corrected chi connectivity index (χ1v) is 10.6. The van der Waals surface area contributed by atoms with Crippen LogP contribution in [0.4, 0.5) is 5.69 Å². The molecule has 8 heteroatoms. The summed E-state index contributed by atoms with van der Waals surface area (Å²) in [4.78, 5) is 27.9. The number of rotatable bonds is 7. The van der Waals surface area contributed by atoms with Crippen LogP contribution in [-0.2, 0) is 4.79 Å². The number of amides is 1. The van der Waals surface area contributed by atoms with Gasteiger partial charge in [-0.05, 0) is 48.5 Å². The molecule has 4 rings (SSSR count). The number of carbonyl (C=O) groups excluding carboxylic acids is 2. The number of anilines is 1. The van der Waals surface area contributed by atoms with Gasteiger partial charge in [0.2, 0.25) is 5.91 Å². The number of nitrogens with one attached hydrogen (secondary N) is 1. The van der Waals surface area contributed by atoms with E-state index in [4.69, 9.17) is 0 Å². The van der Waals surface area contributed by atoms with Crippen LogP contribution in [0.15, 0.2) is 84.3 Å². The lowest BCUT2D eigenvalue weighted by Crippen LogP contribution is -2.07. The van der Waals surface area contributed by atoms with E-state index in [0.29, 0.717) is 22.2 Å². The maximum Gasteiger partial charge on any atom is 0.221 e. The van der Waals surface area contributed by atoms with Crippen molar-refractivity contribution in [2.24, 2.45) is 0 Å². The number of pyridine rings is 1. The van der Waals surface area contributed by atoms with Crippen LogP contribution in [0, 0.1) is 0 Å². The molecule has 0 atom stereocenters. The zero-order valence-corrected chi connectivity index (χ0v) is 17.5. The van der Waals surface area contributed by atoms with E-state index in [2.05, 4.69) is 20.5 Å². The summed E-state index contributed by atoms with van der Waals surface area (Å²) in [6.45, 7) is 1.44. The van der Waals surface area contributed by atoms with E-state index in [1.165, 1.54) is 18.7 Å². The molecule has 0 aliphatic rings. The molecule has 0 saturated carbocycles. The van der Waals surface area contributed by atoms with Crippen LogP contribution >= 0.6 is 11.8 Å². The molecule has 0 spiro atoms. The first-order valence-electron chi connectivity index (χ1n) is 9.57. The molecule has 4 aromatic rings. The lowest BCUT2D eigenvalue weighted by molar-refractivity contribution is -0.114. The molecule has 154 valence electrons. The first kappa shape index (κ1) is 20.5. The SMILES string of the molecule is CC(=O)Nc1ccc(C(=O)CSc2nnc(-c3ccncc3)n2-c2ccccc2)cc1. The van der Waals surface area contributed by atoms with E-state index in [1.54, 1.807) is 36.7 Å². The van der Waals surface area contributed by atoms with Crippen LogP contribution in [0.3, 0.4) is 0 Å². The van der Waals surface area contributed by atoms with Crippen molar-refractivity contribution in [3.05, 3.63) is 84.7 Å². The quantitative estimate of drug-likeness (QED) is 0.349. The van der Waals surface area contributed by atoms with Gasteiger partial charge in [0.25, 0.3) is 0 Å². The van der Waals surface area contributed by atoms with Crippen LogP contribution < -0.4 is 5.32 Å². The van der Waals surface area contributed by atoms with Gasteiger partial charge in [-0.1, -0.05) is 30.0 Å². The summed E-state index contributed by atoms with van der Waals surface area (Å²) in [5.41, 5.74) is 3.02. The summed E-state index contributed by atoms with van der Waals surface area (Å²) in [7, 11) is 0. The molecule has 0 saturated heterocycles. The number of nitrogens with zero attached hydrogens (tertiary/aromatic N) is 4. The van der Waals surface area contributed by atoms with Gasteiger partial charge in [0, 0.05) is 41.8 Å². The van der Waals surface area contributed by atoms with Crippen LogP contribution in [0.5, 0.6) is 0 Å². The standard InChI is InChI=1S/C23H19N5O2S/c1-16(29)25-19-9-7-17(8-10-19)21(30)15-31-23-27-26-22(18-11-13-24-14-12-18)28(23)20-5-3-2-4-6-20/h2-14H,15H2,1H3,(H,25,29). The second kappa shape index (κ2) is 9.36. The van der Waals surface area contributed by atoms with Crippen molar-refractivity contribution in [1.82, 2.24) is 19.7 Å². The monoisotopic (exact) mass is 429 g/mol. The van der Waals surface area contributed by atoms with E-state index >= 15 is 0 Å². The number of hydrogen-bond acceptors (Lipinski definition) is 6. The fraction of sp³-hybridized carbons (Fsp3) is 0.0870. The second-order valence-electron chi connectivity index (χ2n) is 6.68. The van der Waals surface area contributed by atoms with Crippen LogP contribution in [0.25, 0.3) is 17.1 Å². The molecule has 0 aliphatic heterocycles. The fourth-order valence-corrected chi connectivity index (χ4v) is 3.86. The minimum atomic E-state index is -0.153. The smallest absolute Gasteiger partial charge is 0.221 e. The highest BCUT2D eigenvalue weighted by Gasteiger charge is 2.17. The zero-order valence-electron chi connectivity index (χ0n) is 16.7. The summed E-state index contributed by atoms with van der Waals surface area (Å²) in [5, 5.41) is 12.0. The molecule has 31 heavy (non-hydrogen) atoms. The van der Waals surface area contributed by atoms with Gasteiger partial charge in [-0.3, -0.25) is 19.1 Å². The first-order chi connectivity index (χ1) is 15.1. The molecule has 0 bridgehead atoms. The number of aromatic nitrogens is 4. The summed E-state index contributed by atoms with van der Waals surface area (Å²) in [6, 6.07) is 20.4. The summed E-state index contributed by atoms with van der Waals surface area (Å²) in [5.74, 6) is 0.705. The number of carbonyl (C=O) groups is 2. The summed E-state index contributed by atoms with van der Waals surface area (Å²) < 4.78 is 1.94. The summed E-state index contributed by atoms with van der Waals surface area (Å²) >= 11 is 1.33. The molecular weight excluding hydrogens is 410 g/mol.